The summed E-state index contributed by atoms with van der Waals surface area (Å²) in [5.74, 6) is -0.809. The van der Waals surface area contributed by atoms with Crippen molar-refractivity contribution in [2.24, 2.45) is 0 Å². The summed E-state index contributed by atoms with van der Waals surface area (Å²) in [5.41, 5.74) is 3.27. The van der Waals surface area contributed by atoms with Crippen LogP contribution >= 0.6 is 12.2 Å². The monoisotopic (exact) mass is 406 g/mol. The summed E-state index contributed by atoms with van der Waals surface area (Å²) < 4.78 is 19.5. The van der Waals surface area contributed by atoms with Crippen molar-refractivity contribution in [2.45, 2.75) is 6.92 Å². The summed E-state index contributed by atoms with van der Waals surface area (Å²) in [6, 6.07) is 14.8. The maximum Gasteiger partial charge on any atom is 0.260 e. The van der Waals surface area contributed by atoms with Gasteiger partial charge in [-0.25, -0.2) is 9.37 Å². The Bertz CT molecular complexity index is 1210. The van der Waals surface area contributed by atoms with Crippen molar-refractivity contribution in [3.05, 3.63) is 77.7 Å². The lowest BCUT2D eigenvalue weighted by Crippen LogP contribution is -2.34. The minimum absolute atomic E-state index is 0.0535. The van der Waals surface area contributed by atoms with E-state index in [1.54, 1.807) is 30.5 Å². The van der Waals surface area contributed by atoms with Crippen LogP contribution in [0.5, 0.6) is 0 Å². The van der Waals surface area contributed by atoms with Gasteiger partial charge >= 0.3 is 0 Å². The number of thiocarbonyl (C=S) groups is 1. The molecule has 0 aliphatic carbocycles. The number of pyridine rings is 1. The molecule has 4 rings (SSSR count). The van der Waals surface area contributed by atoms with Crippen LogP contribution in [0.3, 0.4) is 0 Å². The maximum atomic E-state index is 13.8. The average molecular weight is 406 g/mol. The molecule has 1 amide bonds. The number of benzene rings is 2. The van der Waals surface area contributed by atoms with Gasteiger partial charge in [-0.3, -0.25) is 10.1 Å². The zero-order valence-corrected chi connectivity index (χ0v) is 16.1. The van der Waals surface area contributed by atoms with E-state index in [0.29, 0.717) is 22.8 Å². The Labute approximate surface area is 170 Å². The summed E-state index contributed by atoms with van der Waals surface area (Å²) in [5, 5.41) is 5.51. The van der Waals surface area contributed by atoms with Crippen molar-refractivity contribution in [1.29, 1.82) is 0 Å². The van der Waals surface area contributed by atoms with Crippen LogP contribution in [0.25, 0.3) is 22.7 Å². The van der Waals surface area contributed by atoms with Crippen molar-refractivity contribution < 1.29 is 13.6 Å². The minimum atomic E-state index is -0.626. The molecule has 2 aromatic heterocycles. The number of fused-ring (bicyclic) bond motifs is 1. The van der Waals surface area contributed by atoms with Crippen molar-refractivity contribution in [3.63, 3.8) is 0 Å². The van der Waals surface area contributed by atoms with Gasteiger partial charge in [-0.05, 0) is 61.1 Å². The number of hydrogen-bond donors (Lipinski definition) is 2. The Hall–Kier alpha value is -3.65. The summed E-state index contributed by atoms with van der Waals surface area (Å²) >= 11 is 5.21. The molecule has 0 aliphatic rings. The van der Waals surface area contributed by atoms with Gasteiger partial charge in [0.1, 0.15) is 5.82 Å². The first-order valence-corrected chi connectivity index (χ1v) is 9.12. The Morgan fingerprint density at radius 3 is 2.72 bits per heavy atom. The summed E-state index contributed by atoms with van der Waals surface area (Å²) in [4.78, 5) is 20.8. The number of carbonyl (C=O) groups is 1. The average Bonchev–Trinajstić information content (AvgIpc) is 3.13. The van der Waals surface area contributed by atoms with Gasteiger partial charge in [-0.2, -0.15) is 4.98 Å². The number of rotatable bonds is 3. The molecule has 4 aromatic rings. The van der Waals surface area contributed by atoms with Gasteiger partial charge in [0.25, 0.3) is 5.91 Å². The van der Waals surface area contributed by atoms with Crippen LogP contribution in [0.2, 0.25) is 0 Å². The Balaban J connectivity index is 1.55. The van der Waals surface area contributed by atoms with Gasteiger partial charge < -0.3 is 9.73 Å². The molecule has 0 unspecified atom stereocenters. The Morgan fingerprint density at radius 2 is 1.93 bits per heavy atom. The molecule has 144 valence electrons. The molecule has 2 aromatic carbocycles. The number of anilines is 1. The number of oxazole rings is 1. The molecule has 0 bridgehead atoms. The molecule has 29 heavy (non-hydrogen) atoms. The summed E-state index contributed by atoms with van der Waals surface area (Å²) in [6.07, 6.45) is 1.65. The smallest absolute Gasteiger partial charge is 0.260 e. The zero-order chi connectivity index (χ0) is 20.4. The Morgan fingerprint density at radius 1 is 1.10 bits per heavy atom. The summed E-state index contributed by atoms with van der Waals surface area (Å²) in [6.45, 7) is 1.88. The van der Waals surface area contributed by atoms with Crippen molar-refractivity contribution in [2.75, 3.05) is 5.32 Å². The quantitative estimate of drug-likeness (QED) is 0.489. The second-order valence-electron chi connectivity index (χ2n) is 6.21. The topological polar surface area (TPSA) is 80.0 Å². The van der Waals surface area contributed by atoms with Gasteiger partial charge in [-0.1, -0.05) is 18.2 Å². The third kappa shape index (κ3) is 3.83. The van der Waals surface area contributed by atoms with Crippen LogP contribution in [0.4, 0.5) is 10.1 Å². The molecule has 0 saturated heterocycles. The molecule has 0 spiro atoms. The van der Waals surface area contributed by atoms with E-state index in [-0.39, 0.29) is 10.7 Å². The lowest BCUT2D eigenvalue weighted by atomic mass is 10.1. The third-order valence-corrected chi connectivity index (χ3v) is 4.53. The molecule has 0 saturated carbocycles. The highest BCUT2D eigenvalue weighted by atomic mass is 32.1. The lowest BCUT2D eigenvalue weighted by molar-refractivity contribution is 0.0974. The molecule has 6 nitrogen and oxygen atoms in total. The highest BCUT2D eigenvalue weighted by Gasteiger charge is 2.15. The number of carbonyl (C=O) groups excluding carboxylic acids is 1. The van der Waals surface area contributed by atoms with Crippen molar-refractivity contribution in [3.8, 4) is 11.5 Å². The maximum absolute atomic E-state index is 13.8. The number of halogens is 1. The van der Waals surface area contributed by atoms with Crippen LogP contribution in [-0.4, -0.2) is 21.0 Å². The van der Waals surface area contributed by atoms with E-state index in [2.05, 4.69) is 20.6 Å². The van der Waals surface area contributed by atoms with E-state index in [4.69, 9.17) is 16.6 Å². The highest BCUT2D eigenvalue weighted by Crippen LogP contribution is 2.29. The van der Waals surface area contributed by atoms with Gasteiger partial charge in [0, 0.05) is 17.4 Å². The van der Waals surface area contributed by atoms with Crippen molar-refractivity contribution in [1.82, 2.24) is 15.3 Å². The second kappa shape index (κ2) is 7.76. The van der Waals surface area contributed by atoms with E-state index in [0.717, 1.165) is 11.1 Å². The molecule has 2 N–H and O–H groups in total. The van der Waals surface area contributed by atoms with Crippen LogP contribution < -0.4 is 10.6 Å². The van der Waals surface area contributed by atoms with Gasteiger partial charge in [0.2, 0.25) is 5.89 Å². The SMILES string of the molecule is Cc1c(NC(=S)NC(=O)c2ccccc2F)cccc1-c1nc2ncccc2o1. The minimum Gasteiger partial charge on any atom is -0.434 e. The molecular formula is C21H15FN4O2S. The normalized spacial score (nSPS) is 10.7. The van der Waals surface area contributed by atoms with E-state index < -0.39 is 11.7 Å². The van der Waals surface area contributed by atoms with Crippen molar-refractivity contribution >= 4 is 40.2 Å². The van der Waals surface area contributed by atoms with Gasteiger partial charge in [0.05, 0.1) is 5.56 Å². The first-order valence-electron chi connectivity index (χ1n) is 8.71. The number of nitrogens with one attached hydrogen (secondary N) is 2. The van der Waals surface area contributed by atoms with Gasteiger partial charge in [-0.15, -0.1) is 0 Å². The zero-order valence-electron chi connectivity index (χ0n) is 15.3. The Kier molecular flexibility index (Phi) is 5.01. The molecular weight excluding hydrogens is 391 g/mol. The molecule has 0 radical (unpaired) electrons. The lowest BCUT2D eigenvalue weighted by Gasteiger charge is -2.13. The number of hydrogen-bond acceptors (Lipinski definition) is 5. The first kappa shape index (κ1) is 18.7. The van der Waals surface area contributed by atoms with E-state index >= 15 is 0 Å². The fraction of sp³-hybridized carbons (Fsp3) is 0.0476. The molecule has 8 heteroatoms. The predicted octanol–water partition coefficient (Wildman–Crippen LogP) is 4.46. The first-order chi connectivity index (χ1) is 14.0. The predicted molar refractivity (Wildman–Crippen MR) is 112 cm³/mol. The molecule has 0 atom stereocenters. The molecule has 2 heterocycles. The second-order valence-corrected chi connectivity index (χ2v) is 6.62. The molecule has 0 aliphatic heterocycles. The van der Waals surface area contributed by atoms with E-state index in [9.17, 15) is 9.18 Å². The fourth-order valence-electron chi connectivity index (χ4n) is 2.86. The van der Waals surface area contributed by atoms with E-state index in [1.165, 1.54) is 18.2 Å². The molecule has 0 fully saturated rings. The van der Waals surface area contributed by atoms with Crippen LogP contribution in [0.15, 0.2) is 65.2 Å². The fourth-order valence-corrected chi connectivity index (χ4v) is 3.06. The van der Waals surface area contributed by atoms with Gasteiger partial charge in [0.15, 0.2) is 16.3 Å². The van der Waals surface area contributed by atoms with Crippen LogP contribution in [0.1, 0.15) is 15.9 Å². The largest absolute Gasteiger partial charge is 0.434 e. The van der Waals surface area contributed by atoms with E-state index in [1.807, 2.05) is 19.1 Å². The van der Waals surface area contributed by atoms with Crippen LogP contribution in [-0.2, 0) is 0 Å². The number of aromatic nitrogens is 2. The highest BCUT2D eigenvalue weighted by molar-refractivity contribution is 7.80. The standard InChI is InChI=1S/C21H15FN4O2S/c1-12-13(20-25-18-17(28-20)10-5-11-23-18)7-4-9-16(12)24-21(29)26-19(27)14-6-2-3-8-15(14)22/h2-11H,1H3,(H2,24,26,27,29). The number of nitrogens with zero attached hydrogens (tertiary/aromatic N) is 2. The van der Waals surface area contributed by atoms with Crippen LogP contribution in [0, 0.1) is 12.7 Å². The third-order valence-electron chi connectivity index (χ3n) is 4.32. The number of amides is 1. The summed E-state index contributed by atoms with van der Waals surface area (Å²) in [7, 11) is 0.